The SMILES string of the molecule is CC(CN)CN1CCN(C(C)C(=O)N2CCOCC2)CC1. The van der Waals surface area contributed by atoms with Crippen molar-refractivity contribution < 1.29 is 9.53 Å². The van der Waals surface area contributed by atoms with Gasteiger partial charge in [0.2, 0.25) is 5.91 Å². The van der Waals surface area contributed by atoms with Gasteiger partial charge in [-0.3, -0.25) is 9.69 Å². The quantitative estimate of drug-likeness (QED) is 0.738. The maximum Gasteiger partial charge on any atom is 0.239 e. The van der Waals surface area contributed by atoms with Gasteiger partial charge in [-0.1, -0.05) is 6.92 Å². The minimum absolute atomic E-state index is 0.0165. The second kappa shape index (κ2) is 8.08. The molecule has 2 rings (SSSR count). The Kier molecular flexibility index (Phi) is 6.41. The average molecular weight is 298 g/mol. The number of hydrogen-bond donors (Lipinski definition) is 1. The molecule has 2 aliphatic heterocycles. The first-order valence-electron chi connectivity index (χ1n) is 8.14. The molecule has 0 aromatic carbocycles. The first kappa shape index (κ1) is 16.7. The van der Waals surface area contributed by atoms with Crippen LogP contribution in [0.15, 0.2) is 0 Å². The van der Waals surface area contributed by atoms with Crippen LogP contribution >= 0.6 is 0 Å². The van der Waals surface area contributed by atoms with Crippen molar-refractivity contribution in [1.29, 1.82) is 0 Å². The number of carbonyl (C=O) groups excluding carboxylic acids is 1. The van der Waals surface area contributed by atoms with Crippen molar-refractivity contribution in [1.82, 2.24) is 14.7 Å². The predicted molar refractivity (Wildman–Crippen MR) is 83.1 cm³/mol. The van der Waals surface area contributed by atoms with Crippen LogP contribution in [-0.2, 0) is 9.53 Å². The molecule has 1 amide bonds. The highest BCUT2D eigenvalue weighted by Gasteiger charge is 2.29. The average Bonchev–Trinajstić information content (AvgIpc) is 2.55. The summed E-state index contributed by atoms with van der Waals surface area (Å²) in [7, 11) is 0. The molecule has 122 valence electrons. The van der Waals surface area contributed by atoms with Crippen molar-refractivity contribution >= 4 is 5.91 Å². The number of nitrogens with zero attached hydrogens (tertiary/aromatic N) is 3. The Bertz CT molecular complexity index is 326. The van der Waals surface area contributed by atoms with Gasteiger partial charge in [0.15, 0.2) is 0 Å². The molecule has 0 spiro atoms. The molecule has 0 bridgehead atoms. The molecule has 2 unspecified atom stereocenters. The van der Waals surface area contributed by atoms with Gasteiger partial charge in [0.1, 0.15) is 0 Å². The highest BCUT2D eigenvalue weighted by atomic mass is 16.5. The number of carbonyl (C=O) groups is 1. The van der Waals surface area contributed by atoms with Gasteiger partial charge < -0.3 is 20.3 Å². The zero-order valence-electron chi connectivity index (χ0n) is 13.5. The lowest BCUT2D eigenvalue weighted by Gasteiger charge is -2.40. The third-order valence-corrected chi connectivity index (χ3v) is 4.61. The number of morpholine rings is 1. The minimum Gasteiger partial charge on any atom is -0.378 e. The molecular formula is C15H30N4O2. The molecule has 2 atom stereocenters. The maximum atomic E-state index is 12.5. The van der Waals surface area contributed by atoms with E-state index in [0.717, 1.165) is 52.4 Å². The first-order valence-corrected chi connectivity index (χ1v) is 8.14. The lowest BCUT2D eigenvalue weighted by Crippen LogP contribution is -2.56. The summed E-state index contributed by atoms with van der Waals surface area (Å²) in [5, 5.41) is 0. The number of amides is 1. The fourth-order valence-electron chi connectivity index (χ4n) is 3.05. The van der Waals surface area contributed by atoms with Crippen molar-refractivity contribution in [2.75, 3.05) is 65.6 Å². The van der Waals surface area contributed by atoms with Crippen LogP contribution in [0.25, 0.3) is 0 Å². The van der Waals surface area contributed by atoms with Gasteiger partial charge in [0, 0.05) is 45.8 Å². The number of nitrogens with two attached hydrogens (primary N) is 1. The summed E-state index contributed by atoms with van der Waals surface area (Å²) in [5.41, 5.74) is 5.69. The van der Waals surface area contributed by atoms with Crippen LogP contribution in [-0.4, -0.2) is 92.2 Å². The zero-order chi connectivity index (χ0) is 15.2. The Balaban J connectivity index is 1.76. The van der Waals surface area contributed by atoms with E-state index in [1.54, 1.807) is 0 Å². The summed E-state index contributed by atoms with van der Waals surface area (Å²) in [5.74, 6) is 0.797. The largest absolute Gasteiger partial charge is 0.378 e. The van der Waals surface area contributed by atoms with Gasteiger partial charge in [-0.15, -0.1) is 0 Å². The second-order valence-corrected chi connectivity index (χ2v) is 6.29. The van der Waals surface area contributed by atoms with E-state index in [1.165, 1.54) is 0 Å². The van der Waals surface area contributed by atoms with E-state index in [-0.39, 0.29) is 11.9 Å². The van der Waals surface area contributed by atoms with Crippen LogP contribution < -0.4 is 5.73 Å². The Morgan fingerprint density at radius 2 is 1.71 bits per heavy atom. The molecule has 0 aromatic rings. The van der Waals surface area contributed by atoms with E-state index in [9.17, 15) is 4.79 Å². The van der Waals surface area contributed by atoms with Crippen molar-refractivity contribution in [3.63, 3.8) is 0 Å². The lowest BCUT2D eigenvalue weighted by molar-refractivity contribution is -0.141. The molecular weight excluding hydrogens is 268 g/mol. The van der Waals surface area contributed by atoms with Crippen LogP contribution in [0.3, 0.4) is 0 Å². The Morgan fingerprint density at radius 3 is 2.29 bits per heavy atom. The lowest BCUT2D eigenvalue weighted by atomic mass is 10.1. The molecule has 0 aromatic heterocycles. The molecule has 2 saturated heterocycles. The Labute approximate surface area is 128 Å². The number of ether oxygens (including phenoxy) is 1. The van der Waals surface area contributed by atoms with Gasteiger partial charge in [-0.25, -0.2) is 0 Å². The minimum atomic E-state index is -0.0165. The molecule has 2 aliphatic rings. The van der Waals surface area contributed by atoms with Crippen LogP contribution in [0.1, 0.15) is 13.8 Å². The summed E-state index contributed by atoms with van der Waals surface area (Å²) in [4.78, 5) is 19.2. The van der Waals surface area contributed by atoms with E-state index in [0.29, 0.717) is 19.1 Å². The Morgan fingerprint density at radius 1 is 1.10 bits per heavy atom. The summed E-state index contributed by atoms with van der Waals surface area (Å²) in [6, 6.07) is -0.0165. The van der Waals surface area contributed by atoms with Crippen molar-refractivity contribution in [2.45, 2.75) is 19.9 Å². The Hall–Kier alpha value is -0.690. The van der Waals surface area contributed by atoms with Crippen LogP contribution in [0, 0.1) is 5.92 Å². The third-order valence-electron chi connectivity index (χ3n) is 4.61. The topological polar surface area (TPSA) is 62.0 Å². The first-order chi connectivity index (χ1) is 10.1. The standard InChI is InChI=1S/C15H30N4O2/c1-13(11-16)12-17-3-5-18(6-4-17)14(2)15(20)19-7-9-21-10-8-19/h13-14H,3-12,16H2,1-2H3. The molecule has 2 N–H and O–H groups in total. The van der Waals surface area contributed by atoms with Gasteiger partial charge >= 0.3 is 0 Å². The number of rotatable bonds is 5. The fourth-order valence-corrected chi connectivity index (χ4v) is 3.05. The molecule has 21 heavy (non-hydrogen) atoms. The van der Waals surface area contributed by atoms with Crippen molar-refractivity contribution in [3.8, 4) is 0 Å². The third kappa shape index (κ3) is 4.64. The molecule has 2 heterocycles. The van der Waals surface area contributed by atoms with E-state index in [4.69, 9.17) is 10.5 Å². The monoisotopic (exact) mass is 298 g/mol. The van der Waals surface area contributed by atoms with Gasteiger partial charge in [-0.2, -0.15) is 0 Å². The van der Waals surface area contributed by atoms with Crippen LogP contribution in [0.5, 0.6) is 0 Å². The highest BCUT2D eigenvalue weighted by molar-refractivity contribution is 5.81. The van der Waals surface area contributed by atoms with Crippen LogP contribution in [0.4, 0.5) is 0 Å². The second-order valence-electron chi connectivity index (χ2n) is 6.29. The van der Waals surface area contributed by atoms with E-state index >= 15 is 0 Å². The van der Waals surface area contributed by atoms with Gasteiger partial charge in [-0.05, 0) is 19.4 Å². The van der Waals surface area contributed by atoms with Crippen molar-refractivity contribution in [3.05, 3.63) is 0 Å². The fraction of sp³-hybridized carbons (Fsp3) is 0.933. The van der Waals surface area contributed by atoms with E-state index in [2.05, 4.69) is 16.7 Å². The molecule has 0 aliphatic carbocycles. The van der Waals surface area contributed by atoms with E-state index < -0.39 is 0 Å². The summed E-state index contributed by atoms with van der Waals surface area (Å²) < 4.78 is 5.31. The molecule has 0 saturated carbocycles. The predicted octanol–water partition coefficient (Wildman–Crippen LogP) is -0.554. The van der Waals surface area contributed by atoms with Gasteiger partial charge in [0.25, 0.3) is 0 Å². The summed E-state index contributed by atoms with van der Waals surface area (Å²) >= 11 is 0. The molecule has 6 heteroatoms. The summed E-state index contributed by atoms with van der Waals surface area (Å²) in [6.07, 6.45) is 0. The molecule has 2 fully saturated rings. The van der Waals surface area contributed by atoms with E-state index in [1.807, 2.05) is 11.8 Å². The molecule has 6 nitrogen and oxygen atoms in total. The maximum absolute atomic E-state index is 12.5. The number of hydrogen-bond acceptors (Lipinski definition) is 5. The van der Waals surface area contributed by atoms with Crippen LogP contribution in [0.2, 0.25) is 0 Å². The smallest absolute Gasteiger partial charge is 0.239 e. The zero-order valence-corrected chi connectivity index (χ0v) is 13.5. The normalized spacial score (nSPS) is 24.8. The molecule has 0 radical (unpaired) electrons. The van der Waals surface area contributed by atoms with Gasteiger partial charge in [0.05, 0.1) is 19.3 Å². The van der Waals surface area contributed by atoms with Crippen molar-refractivity contribution in [2.24, 2.45) is 11.7 Å². The summed E-state index contributed by atoms with van der Waals surface area (Å²) in [6.45, 7) is 12.8. The number of piperazine rings is 1. The highest BCUT2D eigenvalue weighted by Crippen LogP contribution is 2.11.